The minimum absolute atomic E-state index is 0.000573. The number of thiazole rings is 1. The zero-order valence-corrected chi connectivity index (χ0v) is 9.48. The van der Waals surface area contributed by atoms with Gasteiger partial charge in [0.1, 0.15) is 12.3 Å². The largest absolute Gasteiger partial charge is 0.465 e. The Morgan fingerprint density at radius 1 is 1.56 bits per heavy atom. The first-order valence-electron chi connectivity index (χ1n) is 5.19. The smallest absolute Gasteiger partial charge is 0.347 e. The zero-order chi connectivity index (χ0) is 11.5. The number of rotatable bonds is 3. The minimum atomic E-state index is -0.467. The summed E-state index contributed by atoms with van der Waals surface area (Å²) in [4.78, 5) is 13.9. The molecule has 0 saturated heterocycles. The van der Waals surface area contributed by atoms with Crippen molar-refractivity contribution in [3.8, 4) is 5.19 Å². The molecular formula is C9H13N3O3S. The second-order valence-electron chi connectivity index (χ2n) is 3.83. The van der Waals surface area contributed by atoms with E-state index in [9.17, 15) is 10.1 Å². The van der Waals surface area contributed by atoms with Crippen LogP contribution in [0.4, 0.5) is 5.00 Å². The maximum Gasteiger partial charge on any atom is 0.347 e. The predicted molar refractivity (Wildman–Crippen MR) is 59.6 cm³/mol. The second kappa shape index (κ2) is 4.75. The average Bonchev–Trinajstić information content (AvgIpc) is 2.70. The SMILES string of the molecule is NC1CCCCC1Oc1ncc([N+](=O)[O-])s1. The van der Waals surface area contributed by atoms with Gasteiger partial charge in [0.25, 0.3) is 5.19 Å². The topological polar surface area (TPSA) is 91.3 Å². The van der Waals surface area contributed by atoms with Crippen molar-refractivity contribution in [2.24, 2.45) is 5.73 Å². The van der Waals surface area contributed by atoms with E-state index in [1.54, 1.807) is 0 Å². The molecule has 6 nitrogen and oxygen atoms in total. The third kappa shape index (κ3) is 2.48. The summed E-state index contributed by atoms with van der Waals surface area (Å²) < 4.78 is 5.58. The minimum Gasteiger partial charge on any atom is -0.465 e. The van der Waals surface area contributed by atoms with Gasteiger partial charge in [0, 0.05) is 6.04 Å². The van der Waals surface area contributed by atoms with Crippen molar-refractivity contribution in [2.45, 2.75) is 37.8 Å². The molecule has 0 radical (unpaired) electrons. The van der Waals surface area contributed by atoms with E-state index in [0.717, 1.165) is 37.0 Å². The Bertz CT molecular complexity index is 382. The van der Waals surface area contributed by atoms with Gasteiger partial charge < -0.3 is 10.5 Å². The van der Waals surface area contributed by atoms with E-state index in [1.165, 1.54) is 6.20 Å². The van der Waals surface area contributed by atoms with Crippen LogP contribution < -0.4 is 10.5 Å². The van der Waals surface area contributed by atoms with Crippen LogP contribution in [0.25, 0.3) is 0 Å². The first-order chi connectivity index (χ1) is 7.66. The van der Waals surface area contributed by atoms with Crippen LogP contribution in [0.5, 0.6) is 5.19 Å². The molecule has 0 spiro atoms. The fraction of sp³-hybridized carbons (Fsp3) is 0.667. The van der Waals surface area contributed by atoms with Crippen LogP contribution in [0.3, 0.4) is 0 Å². The molecule has 7 heteroatoms. The number of ether oxygens (including phenoxy) is 1. The Balaban J connectivity index is 1.99. The van der Waals surface area contributed by atoms with E-state index < -0.39 is 4.92 Å². The van der Waals surface area contributed by atoms with Crippen LogP contribution in [-0.2, 0) is 0 Å². The van der Waals surface area contributed by atoms with Crippen LogP contribution in [0, 0.1) is 10.1 Å². The number of nitrogens with zero attached hydrogens (tertiary/aromatic N) is 2. The molecule has 0 bridgehead atoms. The van der Waals surface area contributed by atoms with Crippen molar-refractivity contribution in [1.82, 2.24) is 4.98 Å². The molecule has 1 aromatic heterocycles. The second-order valence-corrected chi connectivity index (χ2v) is 4.80. The van der Waals surface area contributed by atoms with E-state index in [0.29, 0.717) is 5.19 Å². The number of aromatic nitrogens is 1. The molecule has 1 saturated carbocycles. The van der Waals surface area contributed by atoms with Gasteiger partial charge in [-0.25, -0.2) is 4.98 Å². The van der Waals surface area contributed by atoms with Gasteiger partial charge in [0.15, 0.2) is 0 Å². The standard InChI is InChI=1S/C9H13N3O3S/c10-6-3-1-2-4-7(6)15-9-11-5-8(16-9)12(13)14/h5-7H,1-4,10H2. The molecule has 1 aliphatic carbocycles. The van der Waals surface area contributed by atoms with E-state index >= 15 is 0 Å². The van der Waals surface area contributed by atoms with Crippen molar-refractivity contribution in [2.75, 3.05) is 0 Å². The summed E-state index contributed by atoms with van der Waals surface area (Å²) in [6.07, 6.45) is 5.21. The van der Waals surface area contributed by atoms with Crippen LogP contribution in [0.1, 0.15) is 25.7 Å². The van der Waals surface area contributed by atoms with Gasteiger partial charge in [-0.3, -0.25) is 10.1 Å². The maximum atomic E-state index is 10.5. The summed E-state index contributed by atoms with van der Waals surface area (Å²) >= 11 is 0.949. The van der Waals surface area contributed by atoms with Gasteiger partial charge >= 0.3 is 5.00 Å². The molecule has 0 aliphatic heterocycles. The quantitative estimate of drug-likeness (QED) is 0.644. The molecule has 1 aromatic rings. The van der Waals surface area contributed by atoms with Crippen molar-refractivity contribution in [1.29, 1.82) is 0 Å². The lowest BCUT2D eigenvalue weighted by atomic mass is 9.93. The molecule has 1 fully saturated rings. The lowest BCUT2D eigenvalue weighted by molar-refractivity contribution is -0.380. The molecule has 88 valence electrons. The normalized spacial score (nSPS) is 25.3. The van der Waals surface area contributed by atoms with Crippen molar-refractivity contribution < 1.29 is 9.66 Å². The summed E-state index contributed by atoms with van der Waals surface area (Å²) in [6.45, 7) is 0. The summed E-state index contributed by atoms with van der Waals surface area (Å²) in [6, 6.07) is 0.0108. The Labute approximate surface area is 96.6 Å². The fourth-order valence-corrected chi connectivity index (χ4v) is 2.43. The number of hydrogen-bond acceptors (Lipinski definition) is 6. The number of hydrogen-bond donors (Lipinski definition) is 1. The molecule has 1 aliphatic rings. The molecular weight excluding hydrogens is 230 g/mol. The highest BCUT2D eigenvalue weighted by atomic mass is 32.1. The van der Waals surface area contributed by atoms with Gasteiger partial charge in [-0.2, -0.15) is 0 Å². The predicted octanol–water partition coefficient (Wildman–Crippen LogP) is 1.70. The van der Waals surface area contributed by atoms with Gasteiger partial charge in [-0.15, -0.1) is 0 Å². The first-order valence-corrected chi connectivity index (χ1v) is 6.01. The third-order valence-corrected chi connectivity index (χ3v) is 3.50. The van der Waals surface area contributed by atoms with Crippen LogP contribution in [0.2, 0.25) is 0 Å². The lowest BCUT2D eigenvalue weighted by Gasteiger charge is -2.27. The zero-order valence-electron chi connectivity index (χ0n) is 8.67. The highest BCUT2D eigenvalue weighted by Crippen LogP contribution is 2.30. The van der Waals surface area contributed by atoms with E-state index in [1.807, 2.05) is 0 Å². The van der Waals surface area contributed by atoms with Gasteiger partial charge in [-0.05, 0) is 30.6 Å². The van der Waals surface area contributed by atoms with Gasteiger partial charge in [-0.1, -0.05) is 6.42 Å². The summed E-state index contributed by atoms with van der Waals surface area (Å²) in [5, 5.41) is 10.8. The summed E-state index contributed by atoms with van der Waals surface area (Å²) in [7, 11) is 0. The molecule has 2 rings (SSSR count). The molecule has 2 atom stereocenters. The highest BCUT2D eigenvalue weighted by molar-refractivity contribution is 7.16. The first kappa shape index (κ1) is 11.3. The average molecular weight is 243 g/mol. The van der Waals surface area contributed by atoms with Crippen molar-refractivity contribution >= 4 is 16.3 Å². The third-order valence-electron chi connectivity index (χ3n) is 2.66. The Kier molecular flexibility index (Phi) is 3.35. The Morgan fingerprint density at radius 3 is 2.94 bits per heavy atom. The molecule has 0 aromatic carbocycles. The molecule has 2 unspecified atom stereocenters. The Hall–Kier alpha value is -1.21. The van der Waals surface area contributed by atoms with Crippen LogP contribution in [-0.4, -0.2) is 22.1 Å². The molecule has 2 N–H and O–H groups in total. The molecule has 1 heterocycles. The molecule has 16 heavy (non-hydrogen) atoms. The monoisotopic (exact) mass is 243 g/mol. The summed E-state index contributed by atoms with van der Waals surface area (Å²) in [5.74, 6) is 0. The Morgan fingerprint density at radius 2 is 2.31 bits per heavy atom. The van der Waals surface area contributed by atoms with Crippen molar-refractivity contribution in [3.63, 3.8) is 0 Å². The van der Waals surface area contributed by atoms with Gasteiger partial charge in [0.2, 0.25) is 0 Å². The fourth-order valence-electron chi connectivity index (χ4n) is 1.79. The van der Waals surface area contributed by atoms with Gasteiger partial charge in [0.05, 0.1) is 4.92 Å². The molecule has 0 amide bonds. The highest BCUT2D eigenvalue weighted by Gasteiger charge is 2.25. The van der Waals surface area contributed by atoms with Crippen LogP contribution in [0.15, 0.2) is 6.20 Å². The maximum absolute atomic E-state index is 10.5. The van der Waals surface area contributed by atoms with Crippen LogP contribution >= 0.6 is 11.3 Å². The number of nitro groups is 1. The lowest BCUT2D eigenvalue weighted by Crippen LogP contribution is -2.41. The summed E-state index contributed by atoms with van der Waals surface area (Å²) in [5.41, 5.74) is 5.91. The number of nitrogens with two attached hydrogens (primary N) is 1. The van der Waals surface area contributed by atoms with E-state index in [2.05, 4.69) is 4.98 Å². The van der Waals surface area contributed by atoms with E-state index in [4.69, 9.17) is 10.5 Å². The van der Waals surface area contributed by atoms with Crippen molar-refractivity contribution in [3.05, 3.63) is 16.3 Å². The van der Waals surface area contributed by atoms with E-state index in [-0.39, 0.29) is 17.1 Å².